The van der Waals surface area contributed by atoms with Crippen molar-refractivity contribution in [2.24, 2.45) is 0 Å². The molecule has 0 unspecified atom stereocenters. The van der Waals surface area contributed by atoms with Gasteiger partial charge in [0, 0.05) is 5.69 Å². The Balaban J connectivity index is 1.67. The monoisotopic (exact) mass is 414 g/mol. The van der Waals surface area contributed by atoms with Crippen LogP contribution in [0.5, 0.6) is 0 Å². The van der Waals surface area contributed by atoms with E-state index in [0.29, 0.717) is 16.8 Å². The van der Waals surface area contributed by atoms with Gasteiger partial charge in [0.2, 0.25) is 0 Å². The molecule has 0 aromatic heterocycles. The number of thioether (sulfide) groups is 1. The highest BCUT2D eigenvalue weighted by Crippen LogP contribution is 2.29. The van der Waals surface area contributed by atoms with Crippen molar-refractivity contribution in [3.63, 3.8) is 0 Å². The number of nitrogens with zero attached hydrogens (tertiary/aromatic N) is 1. The average molecular weight is 414 g/mol. The number of carbonyl (C=O) groups excluding carboxylic acids is 3. The van der Waals surface area contributed by atoms with Crippen LogP contribution in [0.2, 0.25) is 0 Å². The number of benzene rings is 2. The molecule has 0 bridgehead atoms. The van der Waals surface area contributed by atoms with Gasteiger partial charge in [0.1, 0.15) is 0 Å². The molecule has 0 spiro atoms. The number of anilines is 1. The quantitative estimate of drug-likeness (QED) is 0.664. The van der Waals surface area contributed by atoms with E-state index < -0.39 is 28.5 Å². The van der Waals surface area contributed by atoms with Gasteiger partial charge >= 0.3 is 11.9 Å². The number of nitrogens with one attached hydrogen (secondary N) is 1. The van der Waals surface area contributed by atoms with Gasteiger partial charge < -0.3 is 15.2 Å². The highest BCUT2D eigenvalue weighted by atomic mass is 32.2. The van der Waals surface area contributed by atoms with Crippen LogP contribution >= 0.6 is 11.8 Å². The zero-order chi connectivity index (χ0) is 21.0. The van der Waals surface area contributed by atoms with E-state index in [0.717, 1.165) is 16.7 Å². The molecule has 0 saturated carbocycles. The predicted molar refractivity (Wildman–Crippen MR) is 107 cm³/mol. The summed E-state index contributed by atoms with van der Waals surface area (Å²) in [6.45, 7) is 2.07. The van der Waals surface area contributed by atoms with Gasteiger partial charge in [0.15, 0.2) is 5.37 Å². The Kier molecular flexibility index (Phi) is 6.18. The standard InChI is InChI=1S/C20H18N2O6S/c1-2-28-19(26)13-8-6-12(7-9-13)11-22-17(23)16(29-20(22)27)21-15-5-3-4-14(10-15)18(24)25/h3-10,16,21H,2,11H2,1H3,(H,24,25)/t16-/m1/s1. The van der Waals surface area contributed by atoms with Crippen molar-refractivity contribution >= 4 is 40.5 Å². The number of hydrogen-bond donors (Lipinski definition) is 2. The molecule has 2 amide bonds. The van der Waals surface area contributed by atoms with Crippen LogP contribution in [-0.2, 0) is 16.1 Å². The number of aromatic carboxylic acids is 1. The third-order valence-corrected chi connectivity index (χ3v) is 5.12. The number of esters is 1. The number of ether oxygens (including phenoxy) is 1. The molecule has 1 aliphatic rings. The maximum atomic E-state index is 12.6. The lowest BCUT2D eigenvalue weighted by atomic mass is 10.1. The minimum absolute atomic E-state index is 0.0706. The molecule has 1 aliphatic heterocycles. The van der Waals surface area contributed by atoms with Gasteiger partial charge in [-0.15, -0.1) is 0 Å². The highest BCUT2D eigenvalue weighted by molar-refractivity contribution is 8.15. The van der Waals surface area contributed by atoms with Crippen LogP contribution in [0, 0.1) is 0 Å². The van der Waals surface area contributed by atoms with Crippen molar-refractivity contribution in [3.8, 4) is 0 Å². The Morgan fingerprint density at radius 1 is 1.14 bits per heavy atom. The fraction of sp³-hybridized carbons (Fsp3) is 0.200. The Labute approximate surface area is 170 Å². The molecular weight excluding hydrogens is 396 g/mol. The summed E-state index contributed by atoms with van der Waals surface area (Å²) in [5.41, 5.74) is 1.59. The minimum atomic E-state index is -1.08. The molecule has 2 N–H and O–H groups in total. The molecule has 2 aromatic carbocycles. The van der Waals surface area contributed by atoms with Gasteiger partial charge in [0.25, 0.3) is 11.1 Å². The number of carbonyl (C=O) groups is 4. The summed E-state index contributed by atoms with van der Waals surface area (Å²) in [4.78, 5) is 48.8. The first-order valence-electron chi connectivity index (χ1n) is 8.77. The van der Waals surface area contributed by atoms with Gasteiger partial charge in [-0.1, -0.05) is 18.2 Å². The zero-order valence-electron chi connectivity index (χ0n) is 15.5. The second kappa shape index (κ2) is 8.78. The average Bonchev–Trinajstić information content (AvgIpc) is 2.96. The maximum absolute atomic E-state index is 12.6. The summed E-state index contributed by atoms with van der Waals surface area (Å²) in [5, 5.41) is 10.7. The van der Waals surface area contributed by atoms with E-state index in [-0.39, 0.29) is 18.7 Å². The van der Waals surface area contributed by atoms with Gasteiger partial charge in [-0.3, -0.25) is 14.5 Å². The molecule has 1 saturated heterocycles. The number of carboxylic acids is 1. The number of rotatable bonds is 7. The summed E-state index contributed by atoms with van der Waals surface area (Å²) in [6.07, 6.45) is 0. The molecule has 150 valence electrons. The van der Waals surface area contributed by atoms with Crippen LogP contribution in [0.4, 0.5) is 10.5 Å². The van der Waals surface area contributed by atoms with E-state index in [1.54, 1.807) is 43.3 Å². The van der Waals surface area contributed by atoms with Crippen molar-refractivity contribution in [1.29, 1.82) is 0 Å². The lowest BCUT2D eigenvalue weighted by Crippen LogP contribution is -2.34. The molecule has 1 atom stereocenters. The van der Waals surface area contributed by atoms with E-state index in [4.69, 9.17) is 9.84 Å². The van der Waals surface area contributed by atoms with E-state index >= 15 is 0 Å². The smallest absolute Gasteiger partial charge is 0.338 e. The molecule has 9 heteroatoms. The van der Waals surface area contributed by atoms with Gasteiger partial charge in [-0.2, -0.15) is 0 Å². The van der Waals surface area contributed by atoms with E-state index in [9.17, 15) is 19.2 Å². The van der Waals surface area contributed by atoms with Gasteiger partial charge in [0.05, 0.1) is 24.3 Å². The lowest BCUT2D eigenvalue weighted by molar-refractivity contribution is -0.126. The predicted octanol–water partition coefficient (Wildman–Crippen LogP) is 3.20. The van der Waals surface area contributed by atoms with Crippen molar-refractivity contribution in [3.05, 3.63) is 65.2 Å². The number of amides is 2. The fourth-order valence-corrected chi connectivity index (χ4v) is 3.62. The van der Waals surface area contributed by atoms with Crippen LogP contribution in [0.1, 0.15) is 33.2 Å². The molecule has 29 heavy (non-hydrogen) atoms. The van der Waals surface area contributed by atoms with Crippen LogP contribution in [0.15, 0.2) is 48.5 Å². The summed E-state index contributed by atoms with van der Waals surface area (Å²) in [5.74, 6) is -1.94. The third-order valence-electron chi connectivity index (χ3n) is 4.14. The SMILES string of the molecule is CCOC(=O)c1ccc(CN2C(=O)S[C@@H](Nc3cccc(C(=O)O)c3)C2=O)cc1. The summed E-state index contributed by atoms with van der Waals surface area (Å²) in [6, 6.07) is 12.5. The summed E-state index contributed by atoms with van der Waals surface area (Å²) in [7, 11) is 0. The van der Waals surface area contributed by atoms with Crippen molar-refractivity contribution in [2.75, 3.05) is 11.9 Å². The molecule has 2 aromatic rings. The molecule has 3 rings (SSSR count). The number of imide groups is 1. The highest BCUT2D eigenvalue weighted by Gasteiger charge is 2.39. The number of hydrogen-bond acceptors (Lipinski definition) is 7. The molecule has 1 heterocycles. The Morgan fingerprint density at radius 2 is 1.86 bits per heavy atom. The first-order chi connectivity index (χ1) is 13.9. The largest absolute Gasteiger partial charge is 0.478 e. The Morgan fingerprint density at radius 3 is 2.52 bits per heavy atom. The van der Waals surface area contributed by atoms with Crippen LogP contribution in [0.25, 0.3) is 0 Å². The van der Waals surface area contributed by atoms with Crippen LogP contribution in [-0.4, -0.2) is 45.1 Å². The van der Waals surface area contributed by atoms with E-state index in [1.807, 2.05) is 0 Å². The first kappa shape index (κ1) is 20.4. The normalized spacial score (nSPS) is 16.0. The molecular formula is C20H18N2O6S. The molecule has 0 aliphatic carbocycles. The van der Waals surface area contributed by atoms with Crippen molar-refractivity contribution in [1.82, 2.24) is 4.90 Å². The van der Waals surface area contributed by atoms with Crippen LogP contribution < -0.4 is 5.32 Å². The molecule has 8 nitrogen and oxygen atoms in total. The third kappa shape index (κ3) is 4.75. The first-order valence-corrected chi connectivity index (χ1v) is 9.65. The summed E-state index contributed by atoms with van der Waals surface area (Å²) >= 11 is 0.830. The summed E-state index contributed by atoms with van der Waals surface area (Å²) < 4.78 is 4.92. The number of carboxylic acid groups (broad SMARTS) is 1. The minimum Gasteiger partial charge on any atom is -0.478 e. The molecule has 0 radical (unpaired) electrons. The molecule has 1 fully saturated rings. The zero-order valence-corrected chi connectivity index (χ0v) is 16.3. The Bertz CT molecular complexity index is 960. The topological polar surface area (TPSA) is 113 Å². The second-order valence-corrected chi connectivity index (χ2v) is 7.19. The van der Waals surface area contributed by atoms with Crippen LogP contribution in [0.3, 0.4) is 0 Å². The lowest BCUT2D eigenvalue weighted by Gasteiger charge is -2.15. The van der Waals surface area contributed by atoms with E-state index in [1.165, 1.54) is 12.1 Å². The Hall–Kier alpha value is -3.33. The second-order valence-electron chi connectivity index (χ2n) is 6.14. The van der Waals surface area contributed by atoms with E-state index in [2.05, 4.69) is 5.32 Å². The van der Waals surface area contributed by atoms with Crippen molar-refractivity contribution < 1.29 is 29.0 Å². The van der Waals surface area contributed by atoms with Gasteiger partial charge in [-0.05, 0) is 54.6 Å². The fourth-order valence-electron chi connectivity index (χ4n) is 2.72. The maximum Gasteiger partial charge on any atom is 0.338 e. The van der Waals surface area contributed by atoms with Crippen molar-refractivity contribution in [2.45, 2.75) is 18.8 Å². The van der Waals surface area contributed by atoms with Gasteiger partial charge in [-0.25, -0.2) is 9.59 Å².